The molecule has 0 aliphatic heterocycles. The number of fused-ring (bicyclic) bond motifs is 1. The van der Waals surface area contributed by atoms with Gasteiger partial charge in [-0.05, 0) is 50.1 Å². The maximum Gasteiger partial charge on any atom is 0.273 e. The Balaban J connectivity index is 2.00. The van der Waals surface area contributed by atoms with E-state index in [1.807, 2.05) is 0 Å². The lowest BCUT2D eigenvalue weighted by Gasteiger charge is -2.25. The van der Waals surface area contributed by atoms with Crippen LogP contribution in [0.25, 0.3) is 0 Å². The monoisotopic (exact) mass is 266 g/mol. The van der Waals surface area contributed by atoms with Crippen LogP contribution in [-0.4, -0.2) is 15.0 Å². The molecular formula is C14H19ClN2O. The summed E-state index contributed by atoms with van der Waals surface area (Å²) in [5.74, 6) is 0. The molecule has 1 fully saturated rings. The third-order valence-electron chi connectivity index (χ3n) is 4.32. The first-order valence-corrected chi connectivity index (χ1v) is 7.45. The van der Waals surface area contributed by atoms with E-state index in [9.17, 15) is 4.79 Å². The quantitative estimate of drug-likeness (QED) is 0.766. The van der Waals surface area contributed by atoms with Gasteiger partial charge in [-0.1, -0.05) is 19.3 Å². The molecule has 4 heteroatoms. The summed E-state index contributed by atoms with van der Waals surface area (Å²) < 4.78 is 2.14. The molecular weight excluding hydrogens is 248 g/mol. The van der Waals surface area contributed by atoms with Crippen molar-refractivity contribution < 1.29 is 4.79 Å². The van der Waals surface area contributed by atoms with Crippen molar-refractivity contribution in [3.05, 3.63) is 17.0 Å². The van der Waals surface area contributed by atoms with Gasteiger partial charge in [0.05, 0.1) is 6.04 Å². The highest BCUT2D eigenvalue weighted by atomic mass is 35.5. The number of rotatable bonds is 2. The number of carbonyl (C=O) groups is 1. The van der Waals surface area contributed by atoms with Gasteiger partial charge in [0.25, 0.3) is 5.24 Å². The Morgan fingerprint density at radius 1 is 1.11 bits per heavy atom. The van der Waals surface area contributed by atoms with Crippen LogP contribution in [0.1, 0.15) is 72.7 Å². The molecule has 0 bridgehead atoms. The molecule has 3 rings (SSSR count). The Labute approximate surface area is 113 Å². The van der Waals surface area contributed by atoms with Gasteiger partial charge >= 0.3 is 0 Å². The second-order valence-corrected chi connectivity index (χ2v) is 5.83. The number of nitrogens with zero attached hydrogens (tertiary/aromatic N) is 2. The van der Waals surface area contributed by atoms with Gasteiger partial charge in [-0.2, -0.15) is 5.10 Å². The van der Waals surface area contributed by atoms with E-state index in [0.29, 0.717) is 11.7 Å². The summed E-state index contributed by atoms with van der Waals surface area (Å²) in [4.78, 5) is 11.5. The van der Waals surface area contributed by atoms with Gasteiger partial charge < -0.3 is 0 Å². The van der Waals surface area contributed by atoms with E-state index < -0.39 is 0 Å². The van der Waals surface area contributed by atoms with Crippen molar-refractivity contribution in [2.24, 2.45) is 0 Å². The molecule has 0 amide bonds. The third-order valence-corrected chi connectivity index (χ3v) is 4.49. The zero-order valence-electron chi connectivity index (χ0n) is 10.6. The van der Waals surface area contributed by atoms with Crippen LogP contribution < -0.4 is 0 Å². The summed E-state index contributed by atoms with van der Waals surface area (Å²) >= 11 is 5.68. The molecule has 1 heterocycles. The minimum Gasteiger partial charge on any atom is -0.274 e. The van der Waals surface area contributed by atoms with Crippen molar-refractivity contribution in [2.75, 3.05) is 0 Å². The predicted molar refractivity (Wildman–Crippen MR) is 71.2 cm³/mol. The van der Waals surface area contributed by atoms with E-state index in [-0.39, 0.29) is 5.24 Å². The molecule has 0 atom stereocenters. The van der Waals surface area contributed by atoms with Crippen LogP contribution in [0.4, 0.5) is 0 Å². The van der Waals surface area contributed by atoms with Crippen molar-refractivity contribution in [3.63, 3.8) is 0 Å². The first kappa shape index (κ1) is 12.2. The van der Waals surface area contributed by atoms with E-state index in [2.05, 4.69) is 9.78 Å². The van der Waals surface area contributed by atoms with Crippen LogP contribution in [-0.2, 0) is 12.8 Å². The smallest absolute Gasteiger partial charge is 0.273 e. The molecule has 2 aliphatic carbocycles. The van der Waals surface area contributed by atoms with E-state index >= 15 is 0 Å². The second-order valence-electron chi connectivity index (χ2n) is 5.49. The summed E-state index contributed by atoms with van der Waals surface area (Å²) in [7, 11) is 0. The van der Waals surface area contributed by atoms with Crippen LogP contribution in [0.3, 0.4) is 0 Å². The molecule has 18 heavy (non-hydrogen) atoms. The van der Waals surface area contributed by atoms with Gasteiger partial charge in [0.15, 0.2) is 0 Å². The van der Waals surface area contributed by atoms with Crippen LogP contribution in [0.15, 0.2) is 0 Å². The van der Waals surface area contributed by atoms with Gasteiger partial charge in [-0.3, -0.25) is 9.48 Å². The average Bonchev–Trinajstić information content (AvgIpc) is 2.79. The topological polar surface area (TPSA) is 34.9 Å². The molecule has 98 valence electrons. The third kappa shape index (κ3) is 2.09. The summed E-state index contributed by atoms with van der Waals surface area (Å²) in [6.07, 6.45) is 10.7. The molecule has 1 aromatic rings. The number of halogens is 1. The van der Waals surface area contributed by atoms with Crippen LogP contribution in [0.2, 0.25) is 0 Å². The number of aromatic nitrogens is 2. The predicted octanol–water partition coefficient (Wildman–Crippen LogP) is 3.65. The highest BCUT2D eigenvalue weighted by Gasteiger charge is 2.27. The van der Waals surface area contributed by atoms with Crippen LogP contribution >= 0.6 is 11.6 Å². The summed E-state index contributed by atoms with van der Waals surface area (Å²) in [5.41, 5.74) is 2.95. The zero-order valence-corrected chi connectivity index (χ0v) is 11.4. The Bertz CT molecular complexity index is 461. The number of carbonyl (C=O) groups excluding carboxylic acids is 1. The molecule has 0 radical (unpaired) electrons. The Hall–Kier alpha value is -0.830. The first-order chi connectivity index (χ1) is 8.77. The highest BCUT2D eigenvalue weighted by Crippen LogP contribution is 2.33. The largest absolute Gasteiger partial charge is 0.274 e. The van der Waals surface area contributed by atoms with E-state index in [1.54, 1.807) is 0 Å². The van der Waals surface area contributed by atoms with Crippen molar-refractivity contribution in [2.45, 2.75) is 63.8 Å². The zero-order chi connectivity index (χ0) is 12.5. The summed E-state index contributed by atoms with van der Waals surface area (Å²) in [5, 5.41) is 4.16. The fourth-order valence-corrected chi connectivity index (χ4v) is 3.56. The normalized spacial score (nSPS) is 20.7. The molecule has 1 aromatic heterocycles. The molecule has 0 unspecified atom stereocenters. The van der Waals surface area contributed by atoms with E-state index in [4.69, 9.17) is 11.6 Å². The number of hydrogen-bond donors (Lipinski definition) is 0. The van der Waals surface area contributed by atoms with Crippen molar-refractivity contribution in [1.29, 1.82) is 0 Å². The molecule has 3 nitrogen and oxygen atoms in total. The highest BCUT2D eigenvalue weighted by molar-refractivity contribution is 6.67. The van der Waals surface area contributed by atoms with Crippen molar-refractivity contribution in [1.82, 2.24) is 9.78 Å². The van der Waals surface area contributed by atoms with Gasteiger partial charge in [0.1, 0.15) is 5.69 Å². The number of hydrogen-bond acceptors (Lipinski definition) is 2. The van der Waals surface area contributed by atoms with E-state index in [1.165, 1.54) is 44.2 Å². The molecule has 0 saturated heterocycles. The standard InChI is InChI=1S/C14H19ClN2O/c15-14(18)13-11-8-4-5-9-12(11)17(16-13)10-6-2-1-3-7-10/h10H,1-9H2. The molecule has 0 N–H and O–H groups in total. The lowest BCUT2D eigenvalue weighted by Crippen LogP contribution is -2.18. The van der Waals surface area contributed by atoms with E-state index in [0.717, 1.165) is 24.8 Å². The summed E-state index contributed by atoms with van der Waals surface area (Å²) in [6.45, 7) is 0. The fraction of sp³-hybridized carbons (Fsp3) is 0.714. The molecule has 1 saturated carbocycles. The lowest BCUT2D eigenvalue weighted by molar-refractivity contribution is 0.107. The molecule has 0 aromatic carbocycles. The van der Waals surface area contributed by atoms with Gasteiger partial charge in [0.2, 0.25) is 0 Å². The molecule has 2 aliphatic rings. The van der Waals surface area contributed by atoms with Crippen molar-refractivity contribution >= 4 is 16.8 Å². The average molecular weight is 267 g/mol. The van der Waals surface area contributed by atoms with Crippen molar-refractivity contribution in [3.8, 4) is 0 Å². The van der Waals surface area contributed by atoms with Gasteiger partial charge in [-0.15, -0.1) is 0 Å². The molecule has 0 spiro atoms. The maximum atomic E-state index is 11.5. The SMILES string of the molecule is O=C(Cl)c1nn(C2CCCCC2)c2c1CCCC2. The minimum atomic E-state index is -0.386. The second kappa shape index (κ2) is 5.04. The maximum absolute atomic E-state index is 11.5. The Kier molecular flexibility index (Phi) is 3.42. The Morgan fingerprint density at radius 2 is 1.83 bits per heavy atom. The van der Waals surface area contributed by atoms with Gasteiger partial charge in [-0.25, -0.2) is 0 Å². The Morgan fingerprint density at radius 3 is 2.56 bits per heavy atom. The lowest BCUT2D eigenvalue weighted by atomic mass is 9.93. The first-order valence-electron chi connectivity index (χ1n) is 7.07. The summed E-state index contributed by atoms with van der Waals surface area (Å²) in [6, 6.07) is 0.496. The fourth-order valence-electron chi connectivity index (χ4n) is 3.41. The van der Waals surface area contributed by atoms with Gasteiger partial charge in [0, 0.05) is 11.3 Å². The van der Waals surface area contributed by atoms with Crippen LogP contribution in [0, 0.1) is 0 Å². The minimum absolute atomic E-state index is 0.386. The van der Waals surface area contributed by atoms with Crippen LogP contribution in [0.5, 0.6) is 0 Å².